The topological polar surface area (TPSA) is 44.0 Å². The zero-order chi connectivity index (χ0) is 12.1. The molecule has 4 nitrogen and oxygen atoms in total. The molecule has 0 aliphatic carbocycles. The van der Waals surface area contributed by atoms with Gasteiger partial charge in [0.25, 0.3) is 0 Å². The van der Waals surface area contributed by atoms with Crippen LogP contribution >= 0.6 is 12.2 Å². The van der Waals surface area contributed by atoms with Gasteiger partial charge in [-0.05, 0) is 24.4 Å². The molecule has 0 unspecified atom stereocenters. The van der Waals surface area contributed by atoms with Crippen LogP contribution in [0, 0.1) is 0 Å². The van der Waals surface area contributed by atoms with Crippen molar-refractivity contribution in [2.45, 2.75) is 6.54 Å². The fraction of sp³-hybridized carbons (Fsp3) is 0.167. The molecule has 1 aromatic heterocycles. The van der Waals surface area contributed by atoms with Crippen LogP contribution in [0.3, 0.4) is 0 Å². The summed E-state index contributed by atoms with van der Waals surface area (Å²) in [5.41, 5.74) is 2.10. The Morgan fingerprint density at radius 2 is 2.18 bits per heavy atom. The minimum atomic E-state index is 0.692. The number of aromatic amines is 1. The van der Waals surface area contributed by atoms with E-state index in [0.717, 1.165) is 17.8 Å². The number of nitrogens with zero attached hydrogens (tertiary/aromatic N) is 2. The molecule has 0 saturated heterocycles. The van der Waals surface area contributed by atoms with Gasteiger partial charge in [0.1, 0.15) is 0 Å². The minimum absolute atomic E-state index is 0.692. The van der Waals surface area contributed by atoms with Crippen molar-refractivity contribution in [2.75, 3.05) is 12.4 Å². The molecule has 0 atom stereocenters. The maximum absolute atomic E-state index is 5.32. The third kappa shape index (κ3) is 3.29. The second kappa shape index (κ2) is 5.45. The smallest absolute Gasteiger partial charge is 0.173 e. The van der Waals surface area contributed by atoms with Gasteiger partial charge in [-0.25, -0.2) is 0 Å². The zero-order valence-corrected chi connectivity index (χ0v) is 10.4. The van der Waals surface area contributed by atoms with E-state index in [1.54, 1.807) is 6.20 Å². The Kier molecular flexibility index (Phi) is 3.72. The van der Waals surface area contributed by atoms with E-state index in [0.29, 0.717) is 5.11 Å². The first-order chi connectivity index (χ1) is 8.25. The molecule has 2 rings (SSSR count). The predicted molar refractivity (Wildman–Crippen MR) is 72.7 cm³/mol. The number of benzene rings is 1. The maximum atomic E-state index is 5.32. The summed E-state index contributed by atoms with van der Waals surface area (Å²) in [7, 11) is 1.95. The first-order valence-electron chi connectivity index (χ1n) is 5.30. The average Bonchev–Trinajstić information content (AvgIpc) is 2.83. The van der Waals surface area contributed by atoms with Crippen molar-refractivity contribution < 1.29 is 0 Å². The highest BCUT2D eigenvalue weighted by Gasteiger charge is 2.05. The minimum Gasteiger partial charge on any atom is -0.348 e. The summed E-state index contributed by atoms with van der Waals surface area (Å²) in [6.45, 7) is 0.731. The molecule has 5 heteroatoms. The molecule has 0 aliphatic heterocycles. The molecule has 17 heavy (non-hydrogen) atoms. The SMILES string of the molecule is CN(Cc1cn[nH]c1)C(=S)Nc1ccccc1. The van der Waals surface area contributed by atoms with Crippen molar-refractivity contribution >= 4 is 23.0 Å². The van der Waals surface area contributed by atoms with Gasteiger partial charge in [-0.2, -0.15) is 5.10 Å². The maximum Gasteiger partial charge on any atom is 0.173 e. The summed E-state index contributed by atoms with van der Waals surface area (Å²) >= 11 is 5.32. The molecule has 1 aromatic carbocycles. The van der Waals surface area contributed by atoms with Gasteiger partial charge in [-0.3, -0.25) is 5.10 Å². The number of hydrogen-bond donors (Lipinski definition) is 2. The summed E-state index contributed by atoms with van der Waals surface area (Å²) in [5.74, 6) is 0. The summed E-state index contributed by atoms with van der Waals surface area (Å²) in [5, 5.41) is 10.6. The summed E-state index contributed by atoms with van der Waals surface area (Å²) in [4.78, 5) is 1.97. The predicted octanol–water partition coefficient (Wildman–Crippen LogP) is 2.24. The highest BCUT2D eigenvalue weighted by Crippen LogP contribution is 2.07. The Bertz CT molecular complexity index is 467. The van der Waals surface area contributed by atoms with Crippen LogP contribution in [0.2, 0.25) is 0 Å². The van der Waals surface area contributed by atoms with Crippen LogP contribution in [0.25, 0.3) is 0 Å². The lowest BCUT2D eigenvalue weighted by Gasteiger charge is -2.20. The molecule has 0 amide bonds. The number of H-pyrrole nitrogens is 1. The van der Waals surface area contributed by atoms with Crippen molar-refractivity contribution in [1.29, 1.82) is 0 Å². The van der Waals surface area contributed by atoms with E-state index in [1.807, 2.05) is 48.5 Å². The van der Waals surface area contributed by atoms with Crippen molar-refractivity contribution in [3.05, 3.63) is 48.3 Å². The second-order valence-electron chi connectivity index (χ2n) is 3.76. The van der Waals surface area contributed by atoms with E-state index in [4.69, 9.17) is 12.2 Å². The molecule has 0 radical (unpaired) electrons. The van der Waals surface area contributed by atoms with Gasteiger partial charge in [-0.1, -0.05) is 18.2 Å². The van der Waals surface area contributed by atoms with Crippen LogP contribution in [0.4, 0.5) is 5.69 Å². The lowest BCUT2D eigenvalue weighted by atomic mass is 10.3. The third-order valence-electron chi connectivity index (χ3n) is 2.35. The first kappa shape index (κ1) is 11.6. The standard InChI is InChI=1S/C12H14N4S/c1-16(9-10-7-13-14-8-10)12(17)15-11-5-3-2-4-6-11/h2-8H,9H2,1H3,(H,13,14)(H,15,17). The third-order valence-corrected chi connectivity index (χ3v) is 2.76. The highest BCUT2D eigenvalue weighted by molar-refractivity contribution is 7.80. The highest BCUT2D eigenvalue weighted by atomic mass is 32.1. The summed E-state index contributed by atoms with van der Waals surface area (Å²) in [6, 6.07) is 9.89. The molecule has 0 fully saturated rings. The number of nitrogens with one attached hydrogen (secondary N) is 2. The molecule has 0 aliphatic rings. The van der Waals surface area contributed by atoms with Gasteiger partial charge >= 0.3 is 0 Å². The van der Waals surface area contributed by atoms with Crippen LogP contribution in [0.15, 0.2) is 42.7 Å². The molecule has 88 valence electrons. The van der Waals surface area contributed by atoms with Gasteiger partial charge in [-0.15, -0.1) is 0 Å². The molecule has 1 heterocycles. The van der Waals surface area contributed by atoms with Crippen LogP contribution < -0.4 is 5.32 Å². The van der Waals surface area contributed by atoms with E-state index < -0.39 is 0 Å². The van der Waals surface area contributed by atoms with Crippen LogP contribution in [-0.2, 0) is 6.54 Å². The normalized spacial score (nSPS) is 9.94. The van der Waals surface area contributed by atoms with E-state index in [1.165, 1.54) is 0 Å². The Morgan fingerprint density at radius 3 is 2.82 bits per heavy atom. The van der Waals surface area contributed by atoms with Crippen molar-refractivity contribution in [3.63, 3.8) is 0 Å². The molecule has 0 bridgehead atoms. The summed E-state index contributed by atoms with van der Waals surface area (Å²) < 4.78 is 0. The number of hydrogen-bond acceptors (Lipinski definition) is 2. The van der Waals surface area contributed by atoms with Gasteiger partial charge in [0, 0.05) is 31.0 Å². The molecule has 2 N–H and O–H groups in total. The van der Waals surface area contributed by atoms with Gasteiger partial charge in [0.15, 0.2) is 5.11 Å². The number of rotatable bonds is 3. The molecule has 0 saturated carbocycles. The quantitative estimate of drug-likeness (QED) is 0.815. The summed E-state index contributed by atoms with van der Waals surface area (Å²) in [6.07, 6.45) is 3.66. The molecule has 0 spiro atoms. The van der Waals surface area contributed by atoms with Crippen LogP contribution in [-0.4, -0.2) is 27.3 Å². The van der Waals surface area contributed by atoms with E-state index in [9.17, 15) is 0 Å². The number of thiocarbonyl (C=S) groups is 1. The number of para-hydroxylation sites is 1. The molecular weight excluding hydrogens is 232 g/mol. The molecular formula is C12H14N4S. The van der Waals surface area contributed by atoms with Crippen LogP contribution in [0.1, 0.15) is 5.56 Å². The van der Waals surface area contributed by atoms with Gasteiger partial charge in [0.2, 0.25) is 0 Å². The van der Waals surface area contributed by atoms with Crippen molar-refractivity contribution in [1.82, 2.24) is 15.1 Å². The lowest BCUT2D eigenvalue weighted by Crippen LogP contribution is -2.30. The van der Waals surface area contributed by atoms with Gasteiger partial charge < -0.3 is 10.2 Å². The van der Waals surface area contributed by atoms with E-state index in [2.05, 4.69) is 15.5 Å². The van der Waals surface area contributed by atoms with E-state index >= 15 is 0 Å². The Labute approximate surface area is 106 Å². The van der Waals surface area contributed by atoms with Crippen molar-refractivity contribution in [3.8, 4) is 0 Å². The monoisotopic (exact) mass is 246 g/mol. The van der Waals surface area contributed by atoms with E-state index in [-0.39, 0.29) is 0 Å². The lowest BCUT2D eigenvalue weighted by molar-refractivity contribution is 0.508. The fourth-order valence-corrected chi connectivity index (χ4v) is 1.63. The number of anilines is 1. The van der Waals surface area contributed by atoms with Crippen LogP contribution in [0.5, 0.6) is 0 Å². The van der Waals surface area contributed by atoms with Crippen molar-refractivity contribution in [2.24, 2.45) is 0 Å². The second-order valence-corrected chi connectivity index (χ2v) is 4.15. The Hall–Kier alpha value is -1.88. The Morgan fingerprint density at radius 1 is 1.41 bits per heavy atom. The average molecular weight is 246 g/mol. The largest absolute Gasteiger partial charge is 0.348 e. The first-order valence-corrected chi connectivity index (χ1v) is 5.71. The fourth-order valence-electron chi connectivity index (χ4n) is 1.45. The zero-order valence-electron chi connectivity index (χ0n) is 9.55. The number of aromatic nitrogens is 2. The van der Waals surface area contributed by atoms with Gasteiger partial charge in [0.05, 0.1) is 6.20 Å². The molecule has 2 aromatic rings. The Balaban J connectivity index is 1.92.